The maximum atomic E-state index is 13.0. The number of thiocarbonyl (C=S) groups is 1. The third-order valence-electron chi connectivity index (χ3n) is 5.12. The van der Waals surface area contributed by atoms with Gasteiger partial charge in [-0.15, -0.1) is 12.4 Å². The van der Waals surface area contributed by atoms with Gasteiger partial charge in [0.1, 0.15) is 5.75 Å². The maximum absolute atomic E-state index is 13.0. The van der Waals surface area contributed by atoms with E-state index in [2.05, 4.69) is 4.90 Å². The first-order valence-electron chi connectivity index (χ1n) is 10.3. The van der Waals surface area contributed by atoms with Gasteiger partial charge in [0, 0.05) is 19.6 Å². The van der Waals surface area contributed by atoms with E-state index in [1.54, 1.807) is 18.2 Å². The van der Waals surface area contributed by atoms with Crippen LogP contribution in [0.1, 0.15) is 12.0 Å². The topological polar surface area (TPSA) is 42.0 Å². The molecule has 0 aliphatic carbocycles. The monoisotopic (exact) mass is 544 g/mol. The molecule has 0 aromatic heterocycles. The molecule has 2 aromatic rings. The van der Waals surface area contributed by atoms with Crippen molar-refractivity contribution in [1.29, 1.82) is 0 Å². The molecule has 4 rings (SSSR count). The van der Waals surface area contributed by atoms with E-state index in [4.69, 9.17) is 44.9 Å². The Hall–Kier alpha value is -1.32. The van der Waals surface area contributed by atoms with Crippen molar-refractivity contribution in [2.75, 3.05) is 44.4 Å². The summed E-state index contributed by atoms with van der Waals surface area (Å²) in [7, 11) is 0. The number of rotatable bonds is 7. The molecule has 2 aliphatic rings. The Bertz CT molecular complexity index is 1030. The molecule has 0 spiro atoms. The number of nitrogens with zero attached hydrogens (tertiary/aromatic N) is 2. The van der Waals surface area contributed by atoms with E-state index < -0.39 is 0 Å². The molecule has 0 saturated carbocycles. The maximum Gasteiger partial charge on any atom is 0.270 e. The molecule has 1 amide bonds. The lowest BCUT2D eigenvalue weighted by atomic mass is 10.2. The second-order valence-electron chi connectivity index (χ2n) is 7.34. The largest absolute Gasteiger partial charge is 0.494 e. The second kappa shape index (κ2) is 12.4. The molecule has 5 nitrogen and oxygen atoms in total. The number of halogens is 3. The molecule has 176 valence electrons. The molecule has 0 atom stereocenters. The van der Waals surface area contributed by atoms with Crippen LogP contribution in [0.4, 0.5) is 5.69 Å². The Morgan fingerprint density at radius 3 is 2.52 bits per heavy atom. The lowest BCUT2D eigenvalue weighted by Gasteiger charge is -2.26. The zero-order valence-electron chi connectivity index (χ0n) is 17.7. The van der Waals surface area contributed by atoms with Crippen molar-refractivity contribution in [2.24, 2.45) is 0 Å². The van der Waals surface area contributed by atoms with Gasteiger partial charge in [0.25, 0.3) is 5.91 Å². The van der Waals surface area contributed by atoms with Gasteiger partial charge < -0.3 is 9.47 Å². The fourth-order valence-corrected chi connectivity index (χ4v) is 5.04. The lowest BCUT2D eigenvalue weighted by molar-refractivity contribution is -0.113. The zero-order valence-corrected chi connectivity index (χ0v) is 21.6. The minimum atomic E-state index is -0.162. The lowest BCUT2D eigenvalue weighted by Crippen LogP contribution is -2.37. The molecular weight excluding hydrogens is 523 g/mol. The number of hydrogen-bond acceptors (Lipinski definition) is 6. The standard InChI is InChI=1S/C23H22Cl2N2O3S2.ClH/c24-19-7-2-16(14-20(19)25)15-21-22(28)27(23(31)32-21)17-3-5-18(6-4-17)30-11-1-8-26-9-12-29-13-10-26;/h2-7,14-15H,1,8-13H2;1H. The van der Waals surface area contributed by atoms with Crippen LogP contribution in [0, 0.1) is 0 Å². The summed E-state index contributed by atoms with van der Waals surface area (Å²) in [5, 5.41) is 0.913. The minimum Gasteiger partial charge on any atom is -0.494 e. The average molecular weight is 546 g/mol. The summed E-state index contributed by atoms with van der Waals surface area (Å²) in [4.78, 5) is 17.4. The summed E-state index contributed by atoms with van der Waals surface area (Å²) < 4.78 is 11.7. The highest BCUT2D eigenvalue weighted by Crippen LogP contribution is 2.37. The van der Waals surface area contributed by atoms with E-state index in [1.165, 1.54) is 16.7 Å². The molecule has 2 saturated heterocycles. The third kappa shape index (κ3) is 6.85. The Morgan fingerprint density at radius 2 is 1.82 bits per heavy atom. The molecule has 2 fully saturated rings. The molecule has 0 radical (unpaired) electrons. The van der Waals surface area contributed by atoms with Crippen molar-refractivity contribution >= 4 is 81.6 Å². The Morgan fingerprint density at radius 1 is 1.09 bits per heavy atom. The van der Waals surface area contributed by atoms with Crippen molar-refractivity contribution < 1.29 is 14.3 Å². The van der Waals surface area contributed by atoms with Crippen LogP contribution in [-0.4, -0.2) is 54.6 Å². The van der Waals surface area contributed by atoms with Crippen LogP contribution >= 0.6 is 59.6 Å². The molecule has 0 unspecified atom stereocenters. The van der Waals surface area contributed by atoms with E-state index in [0.29, 0.717) is 31.6 Å². The number of morpholine rings is 1. The fraction of sp³-hybridized carbons (Fsp3) is 0.304. The van der Waals surface area contributed by atoms with Crippen LogP contribution < -0.4 is 9.64 Å². The molecular formula is C23H23Cl3N2O3S2. The summed E-state index contributed by atoms with van der Waals surface area (Å²) in [6, 6.07) is 12.7. The Balaban J connectivity index is 0.00000306. The van der Waals surface area contributed by atoms with E-state index >= 15 is 0 Å². The first-order chi connectivity index (χ1) is 15.5. The van der Waals surface area contributed by atoms with E-state index in [-0.39, 0.29) is 18.3 Å². The van der Waals surface area contributed by atoms with E-state index in [9.17, 15) is 4.79 Å². The highest BCUT2D eigenvalue weighted by Gasteiger charge is 2.33. The van der Waals surface area contributed by atoms with Crippen molar-refractivity contribution in [2.45, 2.75) is 6.42 Å². The predicted octanol–water partition coefficient (Wildman–Crippen LogP) is 5.92. The molecule has 2 heterocycles. The van der Waals surface area contributed by atoms with Crippen molar-refractivity contribution in [1.82, 2.24) is 4.90 Å². The smallest absolute Gasteiger partial charge is 0.270 e. The summed E-state index contributed by atoms with van der Waals surface area (Å²) in [6.07, 6.45) is 2.73. The first kappa shape index (κ1) is 26.3. The van der Waals surface area contributed by atoms with E-state index in [0.717, 1.165) is 50.6 Å². The molecule has 0 bridgehead atoms. The minimum absolute atomic E-state index is 0. The van der Waals surface area contributed by atoms with Crippen LogP contribution in [0.5, 0.6) is 5.75 Å². The number of carbonyl (C=O) groups excluding carboxylic acids is 1. The number of thioether (sulfide) groups is 1. The van der Waals surface area contributed by atoms with Gasteiger partial charge >= 0.3 is 0 Å². The second-order valence-corrected chi connectivity index (χ2v) is 9.83. The van der Waals surface area contributed by atoms with Gasteiger partial charge in [0.15, 0.2) is 4.32 Å². The predicted molar refractivity (Wildman–Crippen MR) is 143 cm³/mol. The number of hydrogen-bond donors (Lipinski definition) is 0. The molecule has 10 heteroatoms. The highest BCUT2D eigenvalue weighted by molar-refractivity contribution is 8.27. The molecule has 0 N–H and O–H groups in total. The molecule has 2 aromatic carbocycles. The first-order valence-corrected chi connectivity index (χ1v) is 12.3. The number of benzene rings is 2. The van der Waals surface area contributed by atoms with Gasteiger partial charge in [-0.3, -0.25) is 14.6 Å². The van der Waals surface area contributed by atoms with Crippen LogP contribution in [-0.2, 0) is 9.53 Å². The van der Waals surface area contributed by atoms with Crippen LogP contribution in [0.15, 0.2) is 47.4 Å². The van der Waals surface area contributed by atoms with Gasteiger partial charge in [-0.25, -0.2) is 0 Å². The summed E-state index contributed by atoms with van der Waals surface area (Å²) in [6.45, 7) is 5.23. The number of anilines is 1. The summed E-state index contributed by atoms with van der Waals surface area (Å²) in [5.41, 5.74) is 1.51. The van der Waals surface area contributed by atoms with Gasteiger partial charge in [0.2, 0.25) is 0 Å². The van der Waals surface area contributed by atoms with Crippen molar-refractivity contribution in [3.05, 3.63) is 63.0 Å². The Kier molecular flexibility index (Phi) is 9.88. The number of carbonyl (C=O) groups is 1. The number of amides is 1. The molecule has 2 aliphatic heterocycles. The third-order valence-corrected chi connectivity index (χ3v) is 7.16. The normalized spacial score (nSPS) is 18.0. The van der Waals surface area contributed by atoms with Crippen molar-refractivity contribution in [3.63, 3.8) is 0 Å². The zero-order chi connectivity index (χ0) is 22.5. The molecule has 33 heavy (non-hydrogen) atoms. The number of ether oxygens (including phenoxy) is 2. The van der Waals surface area contributed by atoms with Gasteiger partial charge in [0.05, 0.1) is 40.5 Å². The summed E-state index contributed by atoms with van der Waals surface area (Å²) >= 11 is 18.8. The van der Waals surface area contributed by atoms with Crippen LogP contribution in [0.2, 0.25) is 10.0 Å². The SMILES string of the molecule is Cl.O=C1C(=Cc2ccc(Cl)c(Cl)c2)SC(=S)N1c1ccc(OCCCN2CCOCC2)cc1. The van der Waals surface area contributed by atoms with Gasteiger partial charge in [-0.2, -0.15) is 0 Å². The van der Waals surface area contributed by atoms with Crippen LogP contribution in [0.3, 0.4) is 0 Å². The average Bonchev–Trinajstić information content (AvgIpc) is 3.08. The highest BCUT2D eigenvalue weighted by atomic mass is 35.5. The quantitative estimate of drug-likeness (QED) is 0.244. The van der Waals surface area contributed by atoms with Gasteiger partial charge in [-0.05, 0) is 54.5 Å². The fourth-order valence-electron chi connectivity index (χ4n) is 3.44. The Labute approximate surface area is 219 Å². The van der Waals surface area contributed by atoms with Gasteiger partial charge in [-0.1, -0.05) is 53.2 Å². The van der Waals surface area contributed by atoms with Crippen LogP contribution in [0.25, 0.3) is 6.08 Å². The van der Waals surface area contributed by atoms with Crippen molar-refractivity contribution in [3.8, 4) is 5.75 Å². The summed E-state index contributed by atoms with van der Waals surface area (Å²) in [5.74, 6) is 0.609. The van der Waals surface area contributed by atoms with E-state index in [1.807, 2.05) is 30.3 Å².